The average molecular weight is 299 g/mol. The first-order valence-corrected chi connectivity index (χ1v) is 7.60. The Balaban J connectivity index is 1.67. The molecule has 2 aromatic rings. The van der Waals surface area contributed by atoms with Gasteiger partial charge in [0.25, 0.3) is 5.91 Å². The highest BCUT2D eigenvalue weighted by Gasteiger charge is 2.23. The van der Waals surface area contributed by atoms with Crippen molar-refractivity contribution in [3.63, 3.8) is 0 Å². The quantitative estimate of drug-likeness (QED) is 0.864. The van der Waals surface area contributed by atoms with Gasteiger partial charge in [-0.1, -0.05) is 0 Å². The van der Waals surface area contributed by atoms with E-state index in [1.165, 1.54) is 0 Å². The molecule has 1 aliphatic rings. The van der Waals surface area contributed by atoms with Gasteiger partial charge in [-0.05, 0) is 32.3 Å². The highest BCUT2D eigenvalue weighted by Crippen LogP contribution is 2.20. The third-order valence-electron chi connectivity index (χ3n) is 4.12. The molecule has 0 saturated carbocycles. The van der Waals surface area contributed by atoms with Crippen molar-refractivity contribution in [3.8, 4) is 0 Å². The number of carbonyl (C=O) groups excluding carboxylic acids is 1. The summed E-state index contributed by atoms with van der Waals surface area (Å²) in [5.74, 6) is 2.16. The fourth-order valence-electron chi connectivity index (χ4n) is 3.06. The Kier molecular flexibility index (Phi) is 3.92. The van der Waals surface area contributed by atoms with Crippen LogP contribution in [0.15, 0.2) is 18.5 Å². The number of amides is 1. The van der Waals surface area contributed by atoms with Gasteiger partial charge in [0.15, 0.2) is 0 Å². The van der Waals surface area contributed by atoms with Crippen LogP contribution in [0.1, 0.15) is 34.3 Å². The zero-order chi connectivity index (χ0) is 15.7. The van der Waals surface area contributed by atoms with E-state index in [0.717, 1.165) is 37.4 Å². The zero-order valence-corrected chi connectivity index (χ0v) is 13.3. The highest BCUT2D eigenvalue weighted by molar-refractivity contribution is 5.92. The first kappa shape index (κ1) is 14.7. The lowest BCUT2D eigenvalue weighted by Crippen LogP contribution is -2.35. The second kappa shape index (κ2) is 5.87. The van der Waals surface area contributed by atoms with Crippen molar-refractivity contribution in [2.75, 3.05) is 13.6 Å². The lowest BCUT2D eigenvalue weighted by molar-refractivity contribution is 0.0757. The number of hydrogen-bond acceptors (Lipinski definition) is 4. The molecule has 0 aromatic carbocycles. The van der Waals surface area contributed by atoms with Gasteiger partial charge >= 0.3 is 0 Å². The minimum atomic E-state index is -0.0393. The number of fused-ring (bicyclic) bond motifs is 1. The second-order valence-corrected chi connectivity index (χ2v) is 6.02. The molecular weight excluding hydrogens is 278 g/mol. The fourth-order valence-corrected chi connectivity index (χ4v) is 3.06. The van der Waals surface area contributed by atoms with Crippen LogP contribution in [-0.4, -0.2) is 43.9 Å². The standard InChI is InChI=1S/C16H21N5O/c1-11-8-14(19-12(2)18-11)16(22)20(3)10-13-4-6-21-7-5-17-15(21)9-13/h5,7-8,13H,4,6,9-10H2,1-3H3/t13-/m1/s1. The maximum atomic E-state index is 12.5. The predicted octanol–water partition coefficient (Wildman–Crippen LogP) is 1.62. The van der Waals surface area contributed by atoms with Crippen LogP contribution in [0, 0.1) is 19.8 Å². The van der Waals surface area contributed by atoms with Gasteiger partial charge in [0.05, 0.1) is 0 Å². The van der Waals surface area contributed by atoms with Gasteiger partial charge < -0.3 is 9.47 Å². The number of hydrogen-bond donors (Lipinski definition) is 0. The molecule has 0 radical (unpaired) electrons. The van der Waals surface area contributed by atoms with Crippen LogP contribution in [0.3, 0.4) is 0 Å². The molecule has 0 N–H and O–H groups in total. The summed E-state index contributed by atoms with van der Waals surface area (Å²) in [6.07, 6.45) is 5.86. The molecule has 0 spiro atoms. The Bertz CT molecular complexity index is 673. The van der Waals surface area contributed by atoms with Crippen molar-refractivity contribution >= 4 is 5.91 Å². The molecule has 22 heavy (non-hydrogen) atoms. The molecule has 0 aliphatic carbocycles. The lowest BCUT2D eigenvalue weighted by atomic mass is 9.97. The van der Waals surface area contributed by atoms with E-state index in [-0.39, 0.29) is 5.91 Å². The molecule has 3 rings (SSSR count). The summed E-state index contributed by atoms with van der Waals surface area (Å²) in [6.45, 7) is 5.40. The third-order valence-corrected chi connectivity index (χ3v) is 4.12. The van der Waals surface area contributed by atoms with Crippen molar-refractivity contribution in [3.05, 3.63) is 41.5 Å². The number of rotatable bonds is 3. The average Bonchev–Trinajstić information content (AvgIpc) is 2.93. The number of aryl methyl sites for hydroxylation is 3. The van der Waals surface area contributed by atoms with Crippen LogP contribution >= 0.6 is 0 Å². The van der Waals surface area contributed by atoms with Crippen LogP contribution < -0.4 is 0 Å². The summed E-state index contributed by atoms with van der Waals surface area (Å²) in [5.41, 5.74) is 1.30. The Hall–Kier alpha value is -2.24. The van der Waals surface area contributed by atoms with E-state index < -0.39 is 0 Å². The molecular formula is C16H21N5O. The minimum Gasteiger partial charge on any atom is -0.340 e. The molecule has 0 fully saturated rings. The van der Waals surface area contributed by atoms with Gasteiger partial charge in [-0.25, -0.2) is 15.0 Å². The van der Waals surface area contributed by atoms with E-state index in [1.807, 2.05) is 33.3 Å². The van der Waals surface area contributed by atoms with Crippen LogP contribution in [0.2, 0.25) is 0 Å². The van der Waals surface area contributed by atoms with E-state index >= 15 is 0 Å². The SMILES string of the molecule is Cc1cc(C(=O)N(C)C[C@@H]2CCn3ccnc3C2)nc(C)n1. The van der Waals surface area contributed by atoms with Crippen molar-refractivity contribution < 1.29 is 4.79 Å². The van der Waals surface area contributed by atoms with Gasteiger partial charge in [0, 0.05) is 44.6 Å². The normalized spacial score (nSPS) is 17.1. The molecule has 1 aliphatic heterocycles. The maximum Gasteiger partial charge on any atom is 0.272 e. The molecule has 0 bridgehead atoms. The van der Waals surface area contributed by atoms with E-state index in [0.29, 0.717) is 17.4 Å². The first-order chi connectivity index (χ1) is 10.5. The third kappa shape index (κ3) is 3.00. The molecule has 3 heterocycles. The largest absolute Gasteiger partial charge is 0.340 e. The second-order valence-electron chi connectivity index (χ2n) is 6.02. The van der Waals surface area contributed by atoms with Gasteiger partial charge in [0.2, 0.25) is 0 Å². The molecule has 116 valence electrons. The zero-order valence-electron chi connectivity index (χ0n) is 13.3. The highest BCUT2D eigenvalue weighted by atomic mass is 16.2. The summed E-state index contributed by atoms with van der Waals surface area (Å²) < 4.78 is 2.19. The number of aromatic nitrogens is 4. The van der Waals surface area contributed by atoms with Crippen molar-refractivity contribution in [2.45, 2.75) is 33.2 Å². The molecule has 6 nitrogen and oxygen atoms in total. The Labute approximate surface area is 130 Å². The van der Waals surface area contributed by atoms with E-state index in [1.54, 1.807) is 11.0 Å². The first-order valence-electron chi connectivity index (χ1n) is 7.60. The van der Waals surface area contributed by atoms with Gasteiger partial charge in [-0.3, -0.25) is 4.79 Å². The molecule has 1 amide bonds. The van der Waals surface area contributed by atoms with Crippen LogP contribution in [-0.2, 0) is 13.0 Å². The molecule has 0 saturated heterocycles. The number of imidazole rings is 1. The fraction of sp³-hybridized carbons (Fsp3) is 0.500. The molecule has 6 heteroatoms. The van der Waals surface area contributed by atoms with Crippen molar-refractivity contribution in [2.24, 2.45) is 5.92 Å². The van der Waals surface area contributed by atoms with E-state index in [2.05, 4.69) is 19.5 Å². The number of nitrogens with zero attached hydrogens (tertiary/aromatic N) is 5. The van der Waals surface area contributed by atoms with Crippen molar-refractivity contribution in [1.29, 1.82) is 0 Å². The Morgan fingerprint density at radius 3 is 3.00 bits per heavy atom. The van der Waals surface area contributed by atoms with E-state index in [9.17, 15) is 4.79 Å². The Morgan fingerprint density at radius 1 is 1.41 bits per heavy atom. The summed E-state index contributed by atoms with van der Waals surface area (Å²) in [4.78, 5) is 27.2. The van der Waals surface area contributed by atoms with Crippen LogP contribution in [0.5, 0.6) is 0 Å². The maximum absolute atomic E-state index is 12.5. The topological polar surface area (TPSA) is 63.9 Å². The van der Waals surface area contributed by atoms with Gasteiger partial charge in [-0.15, -0.1) is 0 Å². The molecule has 0 unspecified atom stereocenters. The predicted molar refractivity (Wildman–Crippen MR) is 82.5 cm³/mol. The van der Waals surface area contributed by atoms with E-state index in [4.69, 9.17) is 0 Å². The molecule has 2 aromatic heterocycles. The smallest absolute Gasteiger partial charge is 0.272 e. The summed E-state index contributed by atoms with van der Waals surface area (Å²) >= 11 is 0. The minimum absolute atomic E-state index is 0.0393. The van der Waals surface area contributed by atoms with Crippen LogP contribution in [0.25, 0.3) is 0 Å². The summed E-state index contributed by atoms with van der Waals surface area (Å²) in [7, 11) is 1.84. The van der Waals surface area contributed by atoms with Crippen molar-refractivity contribution in [1.82, 2.24) is 24.4 Å². The Morgan fingerprint density at radius 2 is 2.23 bits per heavy atom. The van der Waals surface area contributed by atoms with Gasteiger partial charge in [0.1, 0.15) is 17.3 Å². The monoisotopic (exact) mass is 299 g/mol. The lowest BCUT2D eigenvalue weighted by Gasteiger charge is -2.27. The number of carbonyl (C=O) groups is 1. The van der Waals surface area contributed by atoms with Crippen LogP contribution in [0.4, 0.5) is 0 Å². The molecule has 1 atom stereocenters. The summed E-state index contributed by atoms with van der Waals surface area (Å²) in [5, 5.41) is 0. The summed E-state index contributed by atoms with van der Waals surface area (Å²) in [6, 6.07) is 1.75. The van der Waals surface area contributed by atoms with Gasteiger partial charge in [-0.2, -0.15) is 0 Å².